The van der Waals surface area contributed by atoms with E-state index in [0.717, 1.165) is 12.0 Å². The maximum atomic E-state index is 5.80. The van der Waals surface area contributed by atoms with Crippen LogP contribution in [0.3, 0.4) is 0 Å². The first-order valence-corrected chi connectivity index (χ1v) is 4.50. The summed E-state index contributed by atoms with van der Waals surface area (Å²) in [5.74, 6) is 0.437. The number of hydrogen-bond acceptors (Lipinski definition) is 2. The number of nitrogens with zero attached hydrogens (tertiary/aromatic N) is 1. The van der Waals surface area contributed by atoms with Gasteiger partial charge in [0.15, 0.2) is 0 Å². The molecule has 0 aromatic carbocycles. The maximum Gasteiger partial charge on any atom is 0.147 e. The van der Waals surface area contributed by atoms with E-state index in [4.69, 9.17) is 28.9 Å². The van der Waals surface area contributed by atoms with Crippen molar-refractivity contribution < 1.29 is 0 Å². The third kappa shape index (κ3) is 1.42. The lowest BCUT2D eigenvalue weighted by molar-refractivity contribution is 0.981. The number of aromatic nitrogens is 1. The van der Waals surface area contributed by atoms with Crippen LogP contribution in [0.25, 0.3) is 0 Å². The van der Waals surface area contributed by atoms with E-state index in [2.05, 4.69) is 4.98 Å². The molecule has 0 aliphatic heterocycles. The fraction of sp³-hybridized carbons (Fsp3) is 0.375. The molecule has 2 N–H and O–H groups in total. The first-order valence-electron chi connectivity index (χ1n) is 3.75. The molecule has 1 saturated carbocycles. The molecule has 2 atom stereocenters. The van der Waals surface area contributed by atoms with Crippen molar-refractivity contribution in [3.05, 3.63) is 28.0 Å². The number of pyridine rings is 1. The zero-order valence-corrected chi connectivity index (χ0v) is 7.81. The maximum absolute atomic E-state index is 5.80. The molecular weight excluding hydrogens is 195 g/mol. The van der Waals surface area contributed by atoms with Crippen LogP contribution in [-0.4, -0.2) is 11.0 Å². The third-order valence-corrected chi connectivity index (χ3v) is 2.77. The molecular formula is C8H8Cl2N2. The van der Waals surface area contributed by atoms with Crippen molar-refractivity contribution in [2.75, 3.05) is 0 Å². The lowest BCUT2D eigenvalue weighted by Crippen LogP contribution is -2.01. The van der Waals surface area contributed by atoms with Gasteiger partial charge in [-0.2, -0.15) is 0 Å². The zero-order valence-electron chi connectivity index (χ0n) is 6.30. The minimum Gasteiger partial charge on any atom is -0.327 e. The predicted molar refractivity (Wildman–Crippen MR) is 49.6 cm³/mol. The van der Waals surface area contributed by atoms with Gasteiger partial charge in [-0.05, 0) is 18.1 Å². The van der Waals surface area contributed by atoms with E-state index in [-0.39, 0.29) is 6.04 Å². The molecule has 12 heavy (non-hydrogen) atoms. The summed E-state index contributed by atoms with van der Waals surface area (Å²) in [5.41, 5.74) is 6.78. The van der Waals surface area contributed by atoms with E-state index in [1.165, 1.54) is 0 Å². The highest BCUT2D eigenvalue weighted by Gasteiger charge is 2.35. The Morgan fingerprint density at radius 2 is 2.17 bits per heavy atom. The Morgan fingerprint density at radius 3 is 2.67 bits per heavy atom. The minimum absolute atomic E-state index is 0.282. The molecule has 1 fully saturated rings. The summed E-state index contributed by atoms with van der Waals surface area (Å²) in [5, 5.41) is 0.864. The summed E-state index contributed by atoms with van der Waals surface area (Å²) in [7, 11) is 0. The van der Waals surface area contributed by atoms with Crippen LogP contribution in [0.15, 0.2) is 12.3 Å². The predicted octanol–water partition coefficient (Wildman–Crippen LogP) is 2.20. The van der Waals surface area contributed by atoms with Crippen molar-refractivity contribution in [2.45, 2.75) is 18.4 Å². The van der Waals surface area contributed by atoms with Gasteiger partial charge in [-0.3, -0.25) is 0 Å². The summed E-state index contributed by atoms with van der Waals surface area (Å²) < 4.78 is 0. The van der Waals surface area contributed by atoms with Crippen molar-refractivity contribution in [3.63, 3.8) is 0 Å². The largest absolute Gasteiger partial charge is 0.327 e. The van der Waals surface area contributed by atoms with Gasteiger partial charge >= 0.3 is 0 Å². The Labute approximate surface area is 80.7 Å². The Balaban J connectivity index is 2.29. The quantitative estimate of drug-likeness (QED) is 0.710. The van der Waals surface area contributed by atoms with Gasteiger partial charge in [-0.15, -0.1) is 0 Å². The molecule has 1 heterocycles. The van der Waals surface area contributed by atoms with Gasteiger partial charge in [0, 0.05) is 18.2 Å². The lowest BCUT2D eigenvalue weighted by Gasteiger charge is -1.99. The summed E-state index contributed by atoms with van der Waals surface area (Å²) >= 11 is 11.5. The number of hydrogen-bond donors (Lipinski definition) is 1. The summed E-state index contributed by atoms with van der Waals surface area (Å²) in [6.07, 6.45) is 2.77. The van der Waals surface area contributed by atoms with Crippen LogP contribution in [0, 0.1) is 0 Å². The van der Waals surface area contributed by atoms with Crippen LogP contribution >= 0.6 is 23.2 Å². The molecule has 1 aromatic rings. The van der Waals surface area contributed by atoms with Crippen molar-refractivity contribution >= 4 is 23.2 Å². The Hall–Kier alpha value is -0.310. The van der Waals surface area contributed by atoms with Crippen LogP contribution in [-0.2, 0) is 0 Å². The average molecular weight is 203 g/mol. The summed E-state index contributed by atoms with van der Waals surface area (Å²) in [6, 6.07) is 2.12. The highest BCUT2D eigenvalue weighted by atomic mass is 35.5. The van der Waals surface area contributed by atoms with Crippen molar-refractivity contribution in [3.8, 4) is 0 Å². The van der Waals surface area contributed by atoms with E-state index in [9.17, 15) is 0 Å². The van der Waals surface area contributed by atoms with E-state index in [1.807, 2.05) is 6.07 Å². The van der Waals surface area contributed by atoms with Crippen LogP contribution in [0.2, 0.25) is 10.2 Å². The molecule has 1 aromatic heterocycles. The second-order valence-corrected chi connectivity index (χ2v) is 3.81. The Bertz CT molecular complexity index is 314. The molecule has 64 valence electrons. The molecule has 0 radical (unpaired) electrons. The van der Waals surface area contributed by atoms with Crippen LogP contribution in [0.1, 0.15) is 17.9 Å². The molecule has 1 aliphatic rings. The second kappa shape index (κ2) is 2.87. The molecule has 0 saturated heterocycles. The third-order valence-electron chi connectivity index (χ3n) is 2.09. The number of rotatable bonds is 1. The van der Waals surface area contributed by atoms with Gasteiger partial charge in [0.2, 0.25) is 0 Å². The smallest absolute Gasteiger partial charge is 0.147 e. The lowest BCUT2D eigenvalue weighted by atomic mass is 10.2. The Morgan fingerprint density at radius 1 is 1.50 bits per heavy atom. The second-order valence-electron chi connectivity index (χ2n) is 3.05. The highest BCUT2D eigenvalue weighted by molar-refractivity contribution is 6.41. The molecule has 4 heteroatoms. The topological polar surface area (TPSA) is 38.9 Å². The number of nitrogens with two attached hydrogens (primary N) is 1. The highest BCUT2D eigenvalue weighted by Crippen LogP contribution is 2.39. The van der Waals surface area contributed by atoms with Gasteiger partial charge in [-0.25, -0.2) is 4.98 Å². The molecule has 2 nitrogen and oxygen atoms in total. The fourth-order valence-corrected chi connectivity index (χ4v) is 1.51. The molecule has 0 spiro atoms. The van der Waals surface area contributed by atoms with Crippen LogP contribution in [0.5, 0.6) is 0 Å². The van der Waals surface area contributed by atoms with E-state index in [0.29, 0.717) is 16.1 Å². The van der Waals surface area contributed by atoms with Crippen molar-refractivity contribution in [1.29, 1.82) is 0 Å². The van der Waals surface area contributed by atoms with Crippen LogP contribution < -0.4 is 5.73 Å². The van der Waals surface area contributed by atoms with Crippen LogP contribution in [0.4, 0.5) is 0 Å². The Kier molecular flexibility index (Phi) is 1.99. The van der Waals surface area contributed by atoms with E-state index < -0.39 is 0 Å². The summed E-state index contributed by atoms with van der Waals surface area (Å²) in [6.45, 7) is 0. The SMILES string of the molecule is NC1CC1c1cnc(Cl)c(Cl)c1. The standard InChI is InChI=1S/C8H8Cl2N2/c9-6-1-4(3-12-8(6)10)5-2-7(5)11/h1,3,5,7H,2,11H2. The fourth-order valence-electron chi connectivity index (χ4n) is 1.24. The molecule has 2 rings (SSSR count). The average Bonchev–Trinajstić information content (AvgIpc) is 2.73. The van der Waals surface area contributed by atoms with Gasteiger partial charge in [0.25, 0.3) is 0 Å². The van der Waals surface area contributed by atoms with Gasteiger partial charge in [0.1, 0.15) is 5.15 Å². The van der Waals surface area contributed by atoms with Gasteiger partial charge < -0.3 is 5.73 Å². The van der Waals surface area contributed by atoms with E-state index >= 15 is 0 Å². The van der Waals surface area contributed by atoms with Crippen molar-refractivity contribution in [1.82, 2.24) is 4.98 Å². The van der Waals surface area contributed by atoms with Crippen molar-refractivity contribution in [2.24, 2.45) is 5.73 Å². The van der Waals surface area contributed by atoms with Gasteiger partial charge in [0.05, 0.1) is 5.02 Å². The molecule has 2 unspecified atom stereocenters. The monoisotopic (exact) mass is 202 g/mol. The molecule has 0 amide bonds. The summed E-state index contributed by atoms with van der Waals surface area (Å²) in [4.78, 5) is 3.95. The number of halogens is 2. The molecule has 1 aliphatic carbocycles. The van der Waals surface area contributed by atoms with Gasteiger partial charge in [-0.1, -0.05) is 23.2 Å². The first-order chi connectivity index (χ1) is 5.68. The normalized spacial score (nSPS) is 27.2. The minimum atomic E-state index is 0.282. The molecule has 0 bridgehead atoms. The van der Waals surface area contributed by atoms with E-state index in [1.54, 1.807) is 6.20 Å². The zero-order chi connectivity index (χ0) is 8.72. The first kappa shape index (κ1) is 8.30.